The lowest BCUT2D eigenvalue weighted by Crippen LogP contribution is -2.54. The minimum Gasteiger partial charge on any atom is -0.356 e. The topological polar surface area (TPSA) is 151 Å². The first-order valence-corrected chi connectivity index (χ1v) is 14.8. The number of aromatic amines is 1. The van der Waals surface area contributed by atoms with Gasteiger partial charge in [-0.05, 0) is 61.1 Å². The zero-order chi connectivity index (χ0) is 30.6. The number of nitrogens with one attached hydrogen (secondary N) is 7. The van der Waals surface area contributed by atoms with Crippen molar-refractivity contribution >= 4 is 57.3 Å². The lowest BCUT2D eigenvalue weighted by Gasteiger charge is -2.23. The summed E-state index contributed by atoms with van der Waals surface area (Å²) in [6, 6.07) is 10.7. The van der Waals surface area contributed by atoms with E-state index < -0.39 is 18.0 Å². The van der Waals surface area contributed by atoms with Gasteiger partial charge in [0, 0.05) is 59.2 Å². The molecule has 226 valence electrons. The Hall–Kier alpha value is -4.05. The Morgan fingerprint density at radius 3 is 2.24 bits per heavy atom. The van der Waals surface area contributed by atoms with E-state index in [1.165, 1.54) is 12.5 Å². The van der Waals surface area contributed by atoms with Gasteiger partial charge in [-0.3, -0.25) is 24.6 Å². The third-order valence-corrected chi connectivity index (χ3v) is 7.14. The molecule has 1 aromatic heterocycles. The van der Waals surface area contributed by atoms with Crippen LogP contribution in [0.1, 0.15) is 64.0 Å². The van der Waals surface area contributed by atoms with Crippen LogP contribution in [0.4, 0.5) is 0 Å². The van der Waals surface area contributed by atoms with E-state index in [9.17, 15) is 14.4 Å². The average Bonchev–Trinajstić information content (AvgIpc) is 3.31. The molecule has 2 aromatic carbocycles. The number of hydrogen-bond acceptors (Lipinski definition) is 4. The molecule has 0 saturated carbocycles. The van der Waals surface area contributed by atoms with E-state index in [0.717, 1.165) is 46.6 Å². The highest BCUT2D eigenvalue weighted by Gasteiger charge is 2.27. The fraction of sp³-hybridized carbons (Fsp3) is 0.419. The number of halogens is 1. The van der Waals surface area contributed by atoms with Crippen molar-refractivity contribution in [2.24, 2.45) is 0 Å². The number of fused-ring (bicyclic) bond motifs is 3. The minimum absolute atomic E-state index is 0.0579. The van der Waals surface area contributed by atoms with E-state index in [1.807, 2.05) is 19.1 Å². The third kappa shape index (κ3) is 9.24. The molecule has 2 atom stereocenters. The summed E-state index contributed by atoms with van der Waals surface area (Å²) < 4.78 is 0. The van der Waals surface area contributed by atoms with Crippen molar-refractivity contribution in [3.63, 3.8) is 0 Å². The molecule has 42 heavy (non-hydrogen) atoms. The van der Waals surface area contributed by atoms with Crippen molar-refractivity contribution in [3.8, 4) is 0 Å². The van der Waals surface area contributed by atoms with Gasteiger partial charge in [0.05, 0.1) is 0 Å². The van der Waals surface area contributed by atoms with Gasteiger partial charge in [-0.2, -0.15) is 0 Å². The van der Waals surface area contributed by atoms with Gasteiger partial charge in [0.2, 0.25) is 23.7 Å². The zero-order valence-corrected chi connectivity index (χ0v) is 25.3. The van der Waals surface area contributed by atoms with Crippen LogP contribution in [0.25, 0.3) is 21.8 Å². The van der Waals surface area contributed by atoms with Crippen molar-refractivity contribution in [1.82, 2.24) is 31.1 Å². The molecule has 11 heteroatoms. The predicted molar refractivity (Wildman–Crippen MR) is 169 cm³/mol. The van der Waals surface area contributed by atoms with Gasteiger partial charge in [0.15, 0.2) is 0 Å². The van der Waals surface area contributed by atoms with Gasteiger partial charge in [0.1, 0.15) is 12.1 Å². The van der Waals surface area contributed by atoms with Gasteiger partial charge < -0.3 is 26.3 Å². The second kappa shape index (κ2) is 15.8. The largest absolute Gasteiger partial charge is 0.356 e. The smallest absolute Gasteiger partial charge is 0.246 e. The van der Waals surface area contributed by atoms with Crippen molar-refractivity contribution in [3.05, 3.63) is 59.8 Å². The number of amides is 3. The number of guanidine groups is 1. The first-order valence-electron chi connectivity index (χ1n) is 14.4. The standard InChI is InChI=1S/C31H42ClN7O3/c1-5-8-19(3)35-29(41)27(10-7-15-34-31(33)39-32)38-30(42)28(36-20(4)40)18-22-12-14-26-24(17-22)23-16-21(9-6-2)11-13-25(23)37-26/h11-14,16-17,27-28,37H,3,5-10,15,18H2,1-2,4H3,(H,35,41)(H,36,40)(H,38,42)(H3,33,34,39)/t27-,28?/m1/s1. The average molecular weight is 596 g/mol. The van der Waals surface area contributed by atoms with E-state index in [1.54, 1.807) is 0 Å². The number of rotatable bonds is 15. The molecule has 0 fully saturated rings. The minimum atomic E-state index is -0.887. The summed E-state index contributed by atoms with van der Waals surface area (Å²) in [5.74, 6) is -1.24. The predicted octanol–water partition coefficient (Wildman–Crippen LogP) is 4.28. The Bertz CT molecular complexity index is 1430. The number of H-pyrrole nitrogens is 1. The molecule has 0 saturated heterocycles. The summed E-state index contributed by atoms with van der Waals surface area (Å²) in [4.78, 5) is 44.3. The highest BCUT2D eigenvalue weighted by Crippen LogP contribution is 2.28. The maximum atomic E-state index is 13.5. The molecular formula is C31H42ClN7O3. The lowest BCUT2D eigenvalue weighted by molar-refractivity contribution is -0.131. The van der Waals surface area contributed by atoms with E-state index in [2.05, 4.69) is 68.9 Å². The van der Waals surface area contributed by atoms with E-state index >= 15 is 0 Å². The number of hydrogen-bond donors (Lipinski definition) is 7. The summed E-state index contributed by atoms with van der Waals surface area (Å²) in [5, 5.41) is 20.9. The Morgan fingerprint density at radius 2 is 1.62 bits per heavy atom. The maximum Gasteiger partial charge on any atom is 0.246 e. The molecule has 1 unspecified atom stereocenters. The summed E-state index contributed by atoms with van der Waals surface area (Å²) in [6.45, 7) is 9.77. The van der Waals surface area contributed by atoms with Crippen LogP contribution >= 0.6 is 11.8 Å². The molecule has 1 heterocycles. The zero-order valence-electron chi connectivity index (χ0n) is 24.6. The van der Waals surface area contributed by atoms with Crippen LogP contribution in [-0.4, -0.2) is 47.3 Å². The second-order valence-electron chi connectivity index (χ2n) is 10.5. The molecule has 0 spiro atoms. The van der Waals surface area contributed by atoms with Crippen molar-refractivity contribution < 1.29 is 14.4 Å². The SMILES string of the molecule is C=C(CCC)NC(=O)[C@@H](CCCNC(=N)NCl)NC(=O)C(Cc1ccc2[nH]c3ccc(CCC)cc3c2c1)NC(C)=O. The normalized spacial score (nSPS) is 12.4. The summed E-state index contributed by atoms with van der Waals surface area (Å²) in [7, 11) is 0. The quantitative estimate of drug-likeness (QED) is 0.0605. The van der Waals surface area contributed by atoms with Crippen LogP contribution in [-0.2, 0) is 27.2 Å². The number of aryl methyl sites for hydroxylation is 1. The molecular weight excluding hydrogens is 554 g/mol. The second-order valence-corrected chi connectivity index (χ2v) is 10.7. The highest BCUT2D eigenvalue weighted by atomic mass is 35.5. The van der Waals surface area contributed by atoms with Crippen LogP contribution in [0.2, 0.25) is 0 Å². The fourth-order valence-electron chi connectivity index (χ4n) is 4.97. The number of carbonyl (C=O) groups is 3. The molecule has 3 amide bonds. The molecule has 0 aliphatic carbocycles. The Balaban J connectivity index is 1.81. The Labute approximate surface area is 252 Å². The Kier molecular flexibility index (Phi) is 12.2. The molecule has 0 aliphatic heterocycles. The lowest BCUT2D eigenvalue weighted by atomic mass is 10.0. The summed E-state index contributed by atoms with van der Waals surface area (Å²) in [6.07, 6.45) is 4.52. The first kappa shape index (κ1) is 32.5. The van der Waals surface area contributed by atoms with Crippen molar-refractivity contribution in [1.29, 1.82) is 5.41 Å². The van der Waals surface area contributed by atoms with E-state index in [-0.39, 0.29) is 24.2 Å². The fourth-order valence-corrected chi connectivity index (χ4v) is 5.04. The maximum absolute atomic E-state index is 13.5. The number of aromatic nitrogens is 1. The van der Waals surface area contributed by atoms with Gasteiger partial charge in [-0.25, -0.2) is 0 Å². The van der Waals surface area contributed by atoms with Crippen LogP contribution in [0.5, 0.6) is 0 Å². The van der Waals surface area contributed by atoms with Gasteiger partial charge in [-0.1, -0.05) is 45.4 Å². The number of benzene rings is 2. The van der Waals surface area contributed by atoms with Crippen LogP contribution in [0.15, 0.2) is 48.7 Å². The molecule has 10 nitrogen and oxygen atoms in total. The highest BCUT2D eigenvalue weighted by molar-refractivity contribution is 6.21. The molecule has 3 rings (SSSR count). The van der Waals surface area contributed by atoms with Crippen LogP contribution in [0.3, 0.4) is 0 Å². The number of carbonyl (C=O) groups excluding carboxylic acids is 3. The van der Waals surface area contributed by atoms with Crippen molar-refractivity contribution in [2.75, 3.05) is 6.54 Å². The number of allylic oxidation sites excluding steroid dienone is 1. The molecule has 0 bridgehead atoms. The van der Waals surface area contributed by atoms with Gasteiger partial charge in [-0.15, -0.1) is 0 Å². The van der Waals surface area contributed by atoms with Crippen LogP contribution < -0.4 is 26.1 Å². The summed E-state index contributed by atoms with van der Waals surface area (Å²) in [5.41, 5.74) is 4.76. The Morgan fingerprint density at radius 1 is 0.952 bits per heavy atom. The van der Waals surface area contributed by atoms with E-state index in [0.29, 0.717) is 31.5 Å². The van der Waals surface area contributed by atoms with E-state index in [4.69, 9.17) is 17.2 Å². The first-order chi connectivity index (χ1) is 20.1. The molecule has 0 radical (unpaired) electrons. The molecule has 0 aliphatic rings. The summed E-state index contributed by atoms with van der Waals surface area (Å²) >= 11 is 5.41. The van der Waals surface area contributed by atoms with Crippen molar-refractivity contribution in [2.45, 2.75) is 77.8 Å². The molecule has 3 aromatic rings. The van der Waals surface area contributed by atoms with Gasteiger partial charge in [0.25, 0.3) is 0 Å². The third-order valence-electron chi connectivity index (χ3n) is 6.95. The molecule has 7 N–H and O–H groups in total. The van der Waals surface area contributed by atoms with Crippen LogP contribution in [0, 0.1) is 5.41 Å². The van der Waals surface area contributed by atoms with Gasteiger partial charge >= 0.3 is 0 Å². The monoisotopic (exact) mass is 595 g/mol.